The van der Waals surface area contributed by atoms with Gasteiger partial charge in [0.2, 0.25) is 0 Å². The molecule has 2 unspecified atom stereocenters. The molecule has 0 radical (unpaired) electrons. The van der Waals surface area contributed by atoms with Crippen LogP contribution >= 0.6 is 0 Å². The minimum absolute atomic E-state index is 0.785. The maximum atomic E-state index is 2.82. The number of benzene rings is 2. The molecule has 2 aromatic rings. The second kappa shape index (κ2) is 7.17. The van der Waals surface area contributed by atoms with Gasteiger partial charge in [-0.25, -0.2) is 0 Å². The SMILES string of the molecule is c1ccc(CN(Cc2ccccc2)C2C3CN(C4CCCC4)CC32)cc1. The van der Waals surface area contributed by atoms with E-state index in [1.54, 1.807) is 0 Å². The molecule has 5 rings (SSSR count). The van der Waals surface area contributed by atoms with E-state index in [2.05, 4.69) is 70.5 Å². The molecule has 2 heteroatoms. The van der Waals surface area contributed by atoms with Crippen LogP contribution in [0.5, 0.6) is 0 Å². The molecule has 2 nitrogen and oxygen atoms in total. The average Bonchev–Trinajstić information content (AvgIpc) is 3.08. The second-order valence-electron chi connectivity index (χ2n) is 8.59. The van der Waals surface area contributed by atoms with E-state index in [0.717, 1.165) is 37.0 Å². The predicted molar refractivity (Wildman–Crippen MR) is 107 cm³/mol. The summed E-state index contributed by atoms with van der Waals surface area (Å²) >= 11 is 0. The van der Waals surface area contributed by atoms with Crippen LogP contribution in [0.2, 0.25) is 0 Å². The summed E-state index contributed by atoms with van der Waals surface area (Å²) in [4.78, 5) is 5.58. The van der Waals surface area contributed by atoms with Gasteiger partial charge in [0.05, 0.1) is 0 Å². The molecule has 1 heterocycles. The summed E-state index contributed by atoms with van der Waals surface area (Å²) in [5, 5.41) is 0. The first kappa shape index (κ1) is 16.5. The van der Waals surface area contributed by atoms with Crippen molar-refractivity contribution in [1.82, 2.24) is 9.80 Å². The molecule has 0 spiro atoms. The number of nitrogens with zero attached hydrogens (tertiary/aromatic N) is 2. The molecule has 0 N–H and O–H groups in total. The minimum atomic E-state index is 0.785. The molecule has 2 atom stereocenters. The Hall–Kier alpha value is -1.64. The predicted octanol–water partition coefficient (Wildman–Crippen LogP) is 4.56. The van der Waals surface area contributed by atoms with Crippen LogP contribution in [-0.2, 0) is 13.1 Å². The highest BCUT2D eigenvalue weighted by Gasteiger charge is 2.58. The largest absolute Gasteiger partial charge is 0.300 e. The van der Waals surface area contributed by atoms with Crippen molar-refractivity contribution in [2.75, 3.05) is 13.1 Å². The van der Waals surface area contributed by atoms with Gasteiger partial charge in [-0.15, -0.1) is 0 Å². The Morgan fingerprint density at radius 1 is 0.731 bits per heavy atom. The van der Waals surface area contributed by atoms with Crippen LogP contribution in [0.1, 0.15) is 36.8 Å². The summed E-state index contributed by atoms with van der Waals surface area (Å²) in [6.45, 7) is 4.85. The van der Waals surface area contributed by atoms with Gasteiger partial charge in [-0.3, -0.25) is 9.80 Å². The normalized spacial score (nSPS) is 28.6. The highest BCUT2D eigenvalue weighted by molar-refractivity contribution is 5.20. The van der Waals surface area contributed by atoms with Gasteiger partial charge in [0.15, 0.2) is 0 Å². The zero-order valence-corrected chi connectivity index (χ0v) is 15.6. The Balaban J connectivity index is 1.28. The van der Waals surface area contributed by atoms with Crippen LogP contribution in [-0.4, -0.2) is 35.0 Å². The fourth-order valence-electron chi connectivity index (χ4n) is 5.54. The van der Waals surface area contributed by atoms with Crippen molar-refractivity contribution in [3.63, 3.8) is 0 Å². The summed E-state index contributed by atoms with van der Waals surface area (Å²) < 4.78 is 0. The van der Waals surface area contributed by atoms with Gasteiger partial charge in [0.25, 0.3) is 0 Å². The van der Waals surface area contributed by atoms with Crippen LogP contribution in [0.15, 0.2) is 60.7 Å². The first-order chi connectivity index (χ1) is 12.9. The lowest BCUT2D eigenvalue weighted by molar-refractivity contribution is 0.159. The lowest BCUT2D eigenvalue weighted by Crippen LogP contribution is -2.38. The van der Waals surface area contributed by atoms with Crippen molar-refractivity contribution in [2.24, 2.45) is 11.8 Å². The number of hydrogen-bond acceptors (Lipinski definition) is 2. The molecule has 3 fully saturated rings. The Morgan fingerprint density at radius 3 is 1.73 bits per heavy atom. The minimum Gasteiger partial charge on any atom is -0.300 e. The fourth-order valence-corrected chi connectivity index (χ4v) is 5.54. The second-order valence-corrected chi connectivity index (χ2v) is 8.59. The number of fused-ring (bicyclic) bond motifs is 1. The molecule has 2 aliphatic carbocycles. The van der Waals surface area contributed by atoms with Gasteiger partial charge in [-0.1, -0.05) is 73.5 Å². The van der Waals surface area contributed by atoms with E-state index in [0.29, 0.717) is 0 Å². The van der Waals surface area contributed by atoms with Crippen molar-refractivity contribution < 1.29 is 0 Å². The van der Waals surface area contributed by atoms with Gasteiger partial charge >= 0.3 is 0 Å². The van der Waals surface area contributed by atoms with Crippen molar-refractivity contribution >= 4 is 0 Å². The monoisotopic (exact) mass is 346 g/mol. The third kappa shape index (κ3) is 3.33. The van der Waals surface area contributed by atoms with Crippen LogP contribution in [0, 0.1) is 11.8 Å². The van der Waals surface area contributed by atoms with Gasteiger partial charge in [-0.05, 0) is 35.8 Å². The smallest absolute Gasteiger partial charge is 0.0240 e. The first-order valence-electron chi connectivity index (χ1n) is 10.4. The number of hydrogen-bond donors (Lipinski definition) is 0. The van der Waals surface area contributed by atoms with E-state index >= 15 is 0 Å². The van der Waals surface area contributed by atoms with Gasteiger partial charge in [0, 0.05) is 38.3 Å². The molecule has 0 bridgehead atoms. The highest BCUT2D eigenvalue weighted by Crippen LogP contribution is 2.51. The summed E-state index contributed by atoms with van der Waals surface area (Å²) in [6, 6.07) is 23.7. The van der Waals surface area contributed by atoms with Crippen LogP contribution in [0.25, 0.3) is 0 Å². The molecule has 1 aliphatic heterocycles. The highest BCUT2D eigenvalue weighted by atomic mass is 15.3. The zero-order chi connectivity index (χ0) is 17.3. The Morgan fingerprint density at radius 2 is 1.23 bits per heavy atom. The molecule has 26 heavy (non-hydrogen) atoms. The Labute approximate surface area is 157 Å². The van der Waals surface area contributed by atoms with Crippen LogP contribution in [0.4, 0.5) is 0 Å². The number of rotatable bonds is 6. The molecule has 1 saturated heterocycles. The van der Waals surface area contributed by atoms with E-state index < -0.39 is 0 Å². The molecule has 2 aromatic carbocycles. The molecular formula is C24H30N2. The zero-order valence-electron chi connectivity index (χ0n) is 15.6. The molecule has 136 valence electrons. The summed E-state index contributed by atoms with van der Waals surface area (Å²) in [5.41, 5.74) is 2.89. The average molecular weight is 347 g/mol. The Kier molecular flexibility index (Phi) is 4.56. The van der Waals surface area contributed by atoms with Crippen molar-refractivity contribution in [3.8, 4) is 0 Å². The maximum Gasteiger partial charge on any atom is 0.0240 e. The van der Waals surface area contributed by atoms with E-state index in [-0.39, 0.29) is 0 Å². The molecule has 0 aromatic heterocycles. The fraction of sp³-hybridized carbons (Fsp3) is 0.500. The third-order valence-corrected chi connectivity index (χ3v) is 6.90. The van der Waals surface area contributed by atoms with E-state index in [4.69, 9.17) is 0 Å². The van der Waals surface area contributed by atoms with Crippen molar-refractivity contribution in [1.29, 1.82) is 0 Å². The summed E-state index contributed by atoms with van der Waals surface area (Å²) in [7, 11) is 0. The molecular weight excluding hydrogens is 316 g/mol. The number of piperidine rings is 1. The summed E-state index contributed by atoms with van der Waals surface area (Å²) in [5.74, 6) is 1.81. The van der Waals surface area contributed by atoms with E-state index in [1.807, 2.05) is 0 Å². The van der Waals surface area contributed by atoms with Crippen molar-refractivity contribution in [3.05, 3.63) is 71.8 Å². The van der Waals surface area contributed by atoms with Gasteiger partial charge in [0.1, 0.15) is 0 Å². The lowest BCUT2D eigenvalue weighted by atomic mass is 10.1. The standard InChI is InChI=1S/C24H30N2/c1-3-9-19(10-4-1)15-26(16-20-11-5-2-6-12-20)24-22-17-25(18-23(22)24)21-13-7-8-14-21/h1-6,9-12,21-24H,7-8,13-18H2. The molecule has 0 amide bonds. The van der Waals surface area contributed by atoms with Gasteiger partial charge in [-0.2, -0.15) is 0 Å². The maximum absolute atomic E-state index is 2.82. The topological polar surface area (TPSA) is 6.48 Å². The summed E-state index contributed by atoms with van der Waals surface area (Å²) in [6.07, 6.45) is 5.80. The Bertz CT molecular complexity index is 654. The van der Waals surface area contributed by atoms with E-state index in [9.17, 15) is 0 Å². The third-order valence-electron chi connectivity index (χ3n) is 6.90. The molecule has 3 aliphatic rings. The number of likely N-dealkylation sites (tertiary alicyclic amines) is 1. The van der Waals surface area contributed by atoms with Gasteiger partial charge < -0.3 is 0 Å². The first-order valence-corrected chi connectivity index (χ1v) is 10.4. The quantitative estimate of drug-likeness (QED) is 0.756. The van der Waals surface area contributed by atoms with Crippen LogP contribution in [0.3, 0.4) is 0 Å². The van der Waals surface area contributed by atoms with Crippen molar-refractivity contribution in [2.45, 2.75) is 50.9 Å². The molecule has 2 saturated carbocycles. The van der Waals surface area contributed by atoms with E-state index in [1.165, 1.54) is 49.9 Å². The van der Waals surface area contributed by atoms with Crippen LogP contribution < -0.4 is 0 Å². The lowest BCUT2D eigenvalue weighted by Gasteiger charge is -2.30.